The monoisotopic (exact) mass is 422 g/mol. The van der Waals surface area contributed by atoms with Gasteiger partial charge in [0.1, 0.15) is 5.82 Å². The third-order valence-electron chi connectivity index (χ3n) is 5.01. The Morgan fingerprint density at radius 3 is 2.77 bits per heavy atom. The molecule has 30 heavy (non-hydrogen) atoms. The van der Waals surface area contributed by atoms with Gasteiger partial charge in [0.15, 0.2) is 5.16 Å². The summed E-state index contributed by atoms with van der Waals surface area (Å²) < 4.78 is 5.55. The van der Waals surface area contributed by atoms with Crippen molar-refractivity contribution in [1.29, 1.82) is 0 Å². The Balaban J connectivity index is 1.37. The maximum Gasteiger partial charge on any atom is 0.230 e. The minimum atomic E-state index is -0.0224. The second kappa shape index (κ2) is 10.4. The highest BCUT2D eigenvalue weighted by Gasteiger charge is 2.16. The summed E-state index contributed by atoms with van der Waals surface area (Å²) in [5.41, 5.74) is 2.15. The molecule has 1 fully saturated rings. The summed E-state index contributed by atoms with van der Waals surface area (Å²) in [6.45, 7) is 2.14. The van der Waals surface area contributed by atoms with Crippen molar-refractivity contribution in [2.75, 3.05) is 30.8 Å². The molecular formula is C23H26N4O2S. The van der Waals surface area contributed by atoms with Crippen LogP contribution in [0.5, 0.6) is 0 Å². The van der Waals surface area contributed by atoms with Crippen LogP contribution in [-0.2, 0) is 16.0 Å². The fourth-order valence-electron chi connectivity index (χ4n) is 3.44. The molecule has 156 valence electrons. The molecule has 2 aromatic carbocycles. The Labute approximate surface area is 180 Å². The fraction of sp³-hybridized carbons (Fsp3) is 0.348. The second-order valence-corrected chi connectivity index (χ2v) is 8.20. The van der Waals surface area contributed by atoms with E-state index in [-0.39, 0.29) is 17.8 Å². The number of nitrogens with zero attached hydrogens (tertiary/aromatic N) is 2. The van der Waals surface area contributed by atoms with Crippen molar-refractivity contribution in [3.8, 4) is 0 Å². The lowest BCUT2D eigenvalue weighted by Crippen LogP contribution is -2.32. The molecule has 0 aliphatic carbocycles. The number of nitrogens with one attached hydrogen (secondary N) is 2. The van der Waals surface area contributed by atoms with E-state index in [0.717, 1.165) is 49.1 Å². The number of carbonyl (C=O) groups excluding carboxylic acids is 1. The molecule has 6 nitrogen and oxygen atoms in total. The van der Waals surface area contributed by atoms with Crippen LogP contribution in [-0.4, -0.2) is 47.4 Å². The zero-order valence-electron chi connectivity index (χ0n) is 16.8. The van der Waals surface area contributed by atoms with Crippen LogP contribution >= 0.6 is 11.8 Å². The number of thioether (sulfide) groups is 1. The standard InChI is InChI=1S/C23H26N4O2S/c28-21(25-15-18-9-6-14-29-18)16-30-23-26-20-11-5-4-10-19(20)22(27-23)24-13-12-17-7-2-1-3-8-17/h1-5,7-8,10-11,18H,6,9,12-16H2,(H,25,28)(H,24,26,27). The van der Waals surface area contributed by atoms with E-state index in [0.29, 0.717) is 11.7 Å². The topological polar surface area (TPSA) is 76.1 Å². The molecular weight excluding hydrogens is 396 g/mol. The number of para-hydroxylation sites is 1. The molecule has 3 aromatic rings. The Hall–Kier alpha value is -2.64. The minimum absolute atomic E-state index is 0.0224. The van der Waals surface area contributed by atoms with Crippen molar-refractivity contribution < 1.29 is 9.53 Å². The lowest BCUT2D eigenvalue weighted by Gasteiger charge is -2.12. The van der Waals surface area contributed by atoms with Gasteiger partial charge in [0, 0.05) is 25.1 Å². The predicted octanol–water partition coefficient (Wildman–Crippen LogP) is 3.67. The number of benzene rings is 2. The first-order valence-corrected chi connectivity index (χ1v) is 11.3. The molecule has 0 spiro atoms. The van der Waals surface area contributed by atoms with Crippen LogP contribution in [0.25, 0.3) is 10.9 Å². The van der Waals surface area contributed by atoms with Crippen molar-refractivity contribution in [2.24, 2.45) is 0 Å². The van der Waals surface area contributed by atoms with Crippen LogP contribution in [0, 0.1) is 0 Å². The van der Waals surface area contributed by atoms with Gasteiger partial charge in [0.25, 0.3) is 0 Å². The largest absolute Gasteiger partial charge is 0.376 e. The summed E-state index contributed by atoms with van der Waals surface area (Å²) in [4.78, 5) is 21.5. The van der Waals surface area contributed by atoms with E-state index >= 15 is 0 Å². The van der Waals surface area contributed by atoms with E-state index < -0.39 is 0 Å². The van der Waals surface area contributed by atoms with Crippen molar-refractivity contribution in [3.63, 3.8) is 0 Å². The van der Waals surface area contributed by atoms with Gasteiger partial charge in [0.05, 0.1) is 17.4 Å². The molecule has 1 aliphatic rings. The van der Waals surface area contributed by atoms with Crippen molar-refractivity contribution in [3.05, 3.63) is 60.2 Å². The molecule has 1 saturated heterocycles. The fourth-order valence-corrected chi connectivity index (χ4v) is 4.12. The number of carbonyl (C=O) groups is 1. The number of ether oxygens (including phenoxy) is 1. The van der Waals surface area contributed by atoms with Gasteiger partial charge in [-0.25, -0.2) is 9.97 Å². The number of hydrogen-bond donors (Lipinski definition) is 2. The van der Waals surface area contributed by atoms with E-state index in [9.17, 15) is 4.79 Å². The van der Waals surface area contributed by atoms with E-state index in [1.807, 2.05) is 42.5 Å². The second-order valence-electron chi connectivity index (χ2n) is 7.26. The smallest absolute Gasteiger partial charge is 0.230 e. The van der Waals surface area contributed by atoms with Crippen LogP contribution in [0.4, 0.5) is 5.82 Å². The lowest BCUT2D eigenvalue weighted by molar-refractivity contribution is -0.119. The number of aromatic nitrogens is 2. The van der Waals surface area contributed by atoms with Crippen LogP contribution in [0.1, 0.15) is 18.4 Å². The van der Waals surface area contributed by atoms with Crippen molar-refractivity contribution in [2.45, 2.75) is 30.5 Å². The minimum Gasteiger partial charge on any atom is -0.376 e. The highest BCUT2D eigenvalue weighted by Crippen LogP contribution is 2.24. The van der Waals surface area contributed by atoms with Crippen LogP contribution < -0.4 is 10.6 Å². The normalized spacial score (nSPS) is 15.9. The van der Waals surface area contributed by atoms with Gasteiger partial charge in [-0.15, -0.1) is 0 Å². The maximum absolute atomic E-state index is 12.2. The molecule has 0 bridgehead atoms. The number of rotatable bonds is 9. The Morgan fingerprint density at radius 2 is 1.93 bits per heavy atom. The average molecular weight is 423 g/mol. The number of anilines is 1. The summed E-state index contributed by atoms with van der Waals surface area (Å²) >= 11 is 1.35. The zero-order chi connectivity index (χ0) is 20.6. The first-order chi connectivity index (χ1) is 14.8. The van der Waals surface area contributed by atoms with Crippen molar-refractivity contribution in [1.82, 2.24) is 15.3 Å². The third kappa shape index (κ3) is 5.70. The van der Waals surface area contributed by atoms with Crippen LogP contribution in [0.3, 0.4) is 0 Å². The highest BCUT2D eigenvalue weighted by atomic mass is 32.2. The van der Waals surface area contributed by atoms with Gasteiger partial charge in [0.2, 0.25) is 5.91 Å². The maximum atomic E-state index is 12.2. The Kier molecular flexibility index (Phi) is 7.16. The Bertz CT molecular complexity index is 977. The predicted molar refractivity (Wildman–Crippen MR) is 121 cm³/mol. The molecule has 0 radical (unpaired) electrons. The zero-order valence-corrected chi connectivity index (χ0v) is 17.7. The highest BCUT2D eigenvalue weighted by molar-refractivity contribution is 7.99. The third-order valence-corrected chi connectivity index (χ3v) is 5.86. The van der Waals surface area contributed by atoms with Gasteiger partial charge in [-0.1, -0.05) is 54.2 Å². The first kappa shape index (κ1) is 20.6. The SMILES string of the molecule is O=C(CSc1nc(NCCc2ccccc2)c2ccccc2n1)NCC1CCCO1. The molecule has 2 heterocycles. The summed E-state index contributed by atoms with van der Waals surface area (Å²) in [5.74, 6) is 1.07. The molecule has 1 aromatic heterocycles. The summed E-state index contributed by atoms with van der Waals surface area (Å²) in [6.07, 6.45) is 3.14. The van der Waals surface area contributed by atoms with Gasteiger partial charge >= 0.3 is 0 Å². The summed E-state index contributed by atoms with van der Waals surface area (Å²) in [5, 5.41) is 7.97. The van der Waals surface area contributed by atoms with E-state index in [1.165, 1.54) is 17.3 Å². The summed E-state index contributed by atoms with van der Waals surface area (Å²) in [6, 6.07) is 18.3. The molecule has 2 N–H and O–H groups in total. The molecule has 1 amide bonds. The summed E-state index contributed by atoms with van der Waals surface area (Å²) in [7, 11) is 0. The molecule has 7 heteroatoms. The molecule has 1 aliphatic heterocycles. The Morgan fingerprint density at radius 1 is 1.10 bits per heavy atom. The van der Waals surface area contributed by atoms with Crippen molar-refractivity contribution >= 4 is 34.4 Å². The van der Waals surface area contributed by atoms with E-state index in [2.05, 4.69) is 32.7 Å². The first-order valence-electron chi connectivity index (χ1n) is 10.3. The van der Waals surface area contributed by atoms with Gasteiger partial charge in [-0.2, -0.15) is 0 Å². The number of hydrogen-bond acceptors (Lipinski definition) is 6. The average Bonchev–Trinajstić information content (AvgIpc) is 3.31. The molecule has 1 unspecified atom stereocenters. The molecule has 1 atom stereocenters. The van der Waals surface area contributed by atoms with E-state index in [1.54, 1.807) is 0 Å². The molecule has 0 saturated carbocycles. The lowest BCUT2D eigenvalue weighted by atomic mass is 10.1. The van der Waals surface area contributed by atoms with Crippen LogP contribution in [0.15, 0.2) is 59.8 Å². The van der Waals surface area contributed by atoms with Gasteiger partial charge in [-0.05, 0) is 37.0 Å². The van der Waals surface area contributed by atoms with Gasteiger partial charge < -0.3 is 15.4 Å². The quantitative estimate of drug-likeness (QED) is 0.405. The van der Waals surface area contributed by atoms with E-state index in [4.69, 9.17) is 4.74 Å². The van der Waals surface area contributed by atoms with Crippen LogP contribution in [0.2, 0.25) is 0 Å². The molecule has 4 rings (SSSR count). The number of fused-ring (bicyclic) bond motifs is 1. The van der Waals surface area contributed by atoms with Gasteiger partial charge in [-0.3, -0.25) is 4.79 Å². The number of amides is 1.